The minimum atomic E-state index is -3.28. The Bertz CT molecular complexity index is 407. The summed E-state index contributed by atoms with van der Waals surface area (Å²) < 4.78 is 33.8. The van der Waals surface area contributed by atoms with Crippen LogP contribution >= 0.6 is 0 Å². The van der Waals surface area contributed by atoms with E-state index >= 15 is 0 Å². The van der Waals surface area contributed by atoms with Crippen molar-refractivity contribution in [1.82, 2.24) is 13.5 Å². The van der Waals surface area contributed by atoms with Gasteiger partial charge < -0.3 is 9.64 Å². The number of rotatable bonds is 4. The van der Waals surface area contributed by atoms with Crippen molar-refractivity contribution in [2.45, 2.75) is 25.8 Å². The smallest absolute Gasteiger partial charge is 0.282 e. The van der Waals surface area contributed by atoms with Gasteiger partial charge in [0, 0.05) is 52.5 Å². The summed E-state index contributed by atoms with van der Waals surface area (Å²) in [5.74, 6) is 0.498. The van der Waals surface area contributed by atoms with E-state index in [1.807, 2.05) is 7.05 Å². The van der Waals surface area contributed by atoms with Crippen molar-refractivity contribution in [2.75, 3.05) is 53.5 Å². The molecule has 7 heteroatoms. The van der Waals surface area contributed by atoms with Gasteiger partial charge in [-0.05, 0) is 32.7 Å². The first-order valence-electron chi connectivity index (χ1n) is 7.39. The number of likely N-dealkylation sites (N-methyl/N-ethyl adjacent to an activating group) is 1. The highest BCUT2D eigenvalue weighted by atomic mass is 32.2. The second-order valence-corrected chi connectivity index (χ2v) is 7.92. The van der Waals surface area contributed by atoms with Crippen molar-refractivity contribution in [3.05, 3.63) is 0 Å². The Balaban J connectivity index is 1.94. The van der Waals surface area contributed by atoms with Gasteiger partial charge >= 0.3 is 0 Å². The van der Waals surface area contributed by atoms with E-state index in [-0.39, 0.29) is 6.04 Å². The van der Waals surface area contributed by atoms with Gasteiger partial charge in [0.2, 0.25) is 0 Å². The number of hydrogen-bond acceptors (Lipinski definition) is 4. The van der Waals surface area contributed by atoms with Gasteiger partial charge in [-0.25, -0.2) is 0 Å². The van der Waals surface area contributed by atoms with Crippen molar-refractivity contribution < 1.29 is 13.2 Å². The zero-order valence-electron chi connectivity index (χ0n) is 12.8. The average Bonchev–Trinajstić information content (AvgIpc) is 2.43. The van der Waals surface area contributed by atoms with Crippen molar-refractivity contribution >= 4 is 10.2 Å². The number of hydrogen-bond donors (Lipinski definition) is 0. The normalized spacial score (nSPS) is 28.9. The molecule has 0 amide bonds. The van der Waals surface area contributed by atoms with E-state index in [1.165, 1.54) is 0 Å². The van der Waals surface area contributed by atoms with Gasteiger partial charge in [0.05, 0.1) is 0 Å². The lowest BCUT2D eigenvalue weighted by molar-refractivity contribution is 0.115. The second-order valence-electron chi connectivity index (χ2n) is 5.99. The molecule has 118 valence electrons. The topological polar surface area (TPSA) is 53.1 Å². The van der Waals surface area contributed by atoms with E-state index in [0.29, 0.717) is 32.1 Å². The van der Waals surface area contributed by atoms with Crippen molar-refractivity contribution in [2.24, 2.45) is 5.92 Å². The zero-order valence-corrected chi connectivity index (χ0v) is 13.6. The molecule has 0 aromatic heterocycles. The van der Waals surface area contributed by atoms with Crippen LogP contribution < -0.4 is 0 Å². The molecule has 0 aromatic carbocycles. The predicted octanol–water partition coefficient (Wildman–Crippen LogP) is 0.226. The minimum Gasteiger partial charge on any atom is -0.384 e. The number of nitrogens with zero attached hydrogens (tertiary/aromatic N) is 3. The van der Waals surface area contributed by atoms with Crippen LogP contribution in [0.25, 0.3) is 0 Å². The van der Waals surface area contributed by atoms with Gasteiger partial charge in [0.15, 0.2) is 0 Å². The molecular weight excluding hydrogens is 278 g/mol. The van der Waals surface area contributed by atoms with E-state index in [4.69, 9.17) is 4.74 Å². The molecule has 0 saturated carbocycles. The number of methoxy groups -OCH3 is 1. The van der Waals surface area contributed by atoms with Crippen molar-refractivity contribution in [3.63, 3.8) is 0 Å². The van der Waals surface area contributed by atoms with Crippen LogP contribution in [0.5, 0.6) is 0 Å². The third kappa shape index (κ3) is 3.51. The van der Waals surface area contributed by atoms with Crippen molar-refractivity contribution in [3.8, 4) is 0 Å². The molecule has 20 heavy (non-hydrogen) atoms. The summed E-state index contributed by atoms with van der Waals surface area (Å²) in [6.07, 6.45) is 1.80. The van der Waals surface area contributed by atoms with Gasteiger partial charge in [0.25, 0.3) is 10.2 Å². The summed E-state index contributed by atoms with van der Waals surface area (Å²) in [5, 5.41) is 0. The summed E-state index contributed by atoms with van der Waals surface area (Å²) in [5.41, 5.74) is 0. The molecule has 0 aromatic rings. The Kier molecular flexibility index (Phi) is 5.42. The van der Waals surface area contributed by atoms with Crippen LogP contribution in [0.1, 0.15) is 19.8 Å². The maximum atomic E-state index is 12.7. The molecule has 2 saturated heterocycles. The summed E-state index contributed by atoms with van der Waals surface area (Å²) >= 11 is 0. The van der Waals surface area contributed by atoms with Crippen LogP contribution in [-0.2, 0) is 14.9 Å². The molecule has 2 fully saturated rings. The quantitative estimate of drug-likeness (QED) is 0.746. The van der Waals surface area contributed by atoms with Gasteiger partial charge in [-0.3, -0.25) is 0 Å². The van der Waals surface area contributed by atoms with E-state index < -0.39 is 10.2 Å². The van der Waals surface area contributed by atoms with E-state index in [0.717, 1.165) is 26.0 Å². The molecule has 2 aliphatic heterocycles. The lowest BCUT2D eigenvalue weighted by Gasteiger charge is -2.40. The first-order chi connectivity index (χ1) is 9.45. The van der Waals surface area contributed by atoms with Crippen LogP contribution in [0.3, 0.4) is 0 Å². The van der Waals surface area contributed by atoms with Gasteiger partial charge in [-0.2, -0.15) is 17.0 Å². The van der Waals surface area contributed by atoms with Crippen LogP contribution in [0.4, 0.5) is 0 Å². The SMILES string of the molecule is COCC1CCN(S(=O)(=O)N2CCN(C)C(C)C2)CC1. The molecule has 2 aliphatic rings. The summed E-state index contributed by atoms with van der Waals surface area (Å²) in [6.45, 7) is 6.05. The zero-order chi connectivity index (χ0) is 14.8. The van der Waals surface area contributed by atoms with E-state index in [9.17, 15) is 8.42 Å². The first-order valence-corrected chi connectivity index (χ1v) is 8.79. The van der Waals surface area contributed by atoms with E-state index in [2.05, 4.69) is 11.8 Å². The minimum absolute atomic E-state index is 0.282. The Morgan fingerprint density at radius 3 is 2.30 bits per heavy atom. The van der Waals surface area contributed by atoms with Crippen LogP contribution in [0.2, 0.25) is 0 Å². The standard InChI is InChI=1S/C13H27N3O3S/c1-12-10-16(9-8-14(12)2)20(17,18)15-6-4-13(5-7-15)11-19-3/h12-13H,4-11H2,1-3H3. The second kappa shape index (κ2) is 6.70. The summed E-state index contributed by atoms with van der Waals surface area (Å²) in [4.78, 5) is 2.21. The highest BCUT2D eigenvalue weighted by Crippen LogP contribution is 2.23. The lowest BCUT2D eigenvalue weighted by atomic mass is 9.99. The fraction of sp³-hybridized carbons (Fsp3) is 1.00. The Morgan fingerprint density at radius 2 is 1.75 bits per heavy atom. The van der Waals surface area contributed by atoms with Crippen LogP contribution in [-0.4, -0.2) is 81.5 Å². The van der Waals surface area contributed by atoms with Gasteiger partial charge in [-0.15, -0.1) is 0 Å². The number of piperidine rings is 1. The molecule has 0 spiro atoms. The lowest BCUT2D eigenvalue weighted by Crippen LogP contribution is -2.56. The molecule has 6 nitrogen and oxygen atoms in total. The molecule has 0 bridgehead atoms. The molecule has 0 N–H and O–H groups in total. The van der Waals surface area contributed by atoms with Crippen LogP contribution in [0, 0.1) is 5.92 Å². The number of ether oxygens (including phenoxy) is 1. The molecule has 0 radical (unpaired) electrons. The monoisotopic (exact) mass is 305 g/mol. The molecule has 1 atom stereocenters. The van der Waals surface area contributed by atoms with Crippen molar-refractivity contribution in [1.29, 1.82) is 0 Å². The first kappa shape index (κ1) is 16.2. The maximum Gasteiger partial charge on any atom is 0.282 e. The molecular formula is C13H27N3O3S. The molecule has 1 unspecified atom stereocenters. The average molecular weight is 305 g/mol. The molecule has 2 heterocycles. The fourth-order valence-corrected chi connectivity index (χ4v) is 4.65. The molecule has 0 aliphatic carbocycles. The van der Waals surface area contributed by atoms with Gasteiger partial charge in [-0.1, -0.05) is 0 Å². The van der Waals surface area contributed by atoms with E-state index in [1.54, 1.807) is 15.7 Å². The third-order valence-electron chi connectivity index (χ3n) is 4.55. The van der Waals surface area contributed by atoms with Gasteiger partial charge in [0.1, 0.15) is 0 Å². The maximum absolute atomic E-state index is 12.7. The van der Waals surface area contributed by atoms with Crippen LogP contribution in [0.15, 0.2) is 0 Å². The third-order valence-corrected chi connectivity index (χ3v) is 6.55. The molecule has 2 rings (SSSR count). The Labute approximate surface area is 122 Å². The summed E-state index contributed by atoms with van der Waals surface area (Å²) in [7, 11) is 0.469. The Hall–Kier alpha value is -0.210. The Morgan fingerprint density at radius 1 is 1.10 bits per heavy atom. The highest BCUT2D eigenvalue weighted by molar-refractivity contribution is 7.86. The predicted molar refractivity (Wildman–Crippen MR) is 78.8 cm³/mol. The number of piperazine rings is 1. The summed E-state index contributed by atoms with van der Waals surface area (Å²) in [6, 6.07) is 0.282. The largest absolute Gasteiger partial charge is 0.384 e. The highest BCUT2D eigenvalue weighted by Gasteiger charge is 2.35. The fourth-order valence-electron chi connectivity index (χ4n) is 2.93.